The lowest BCUT2D eigenvalue weighted by Gasteiger charge is -2.37. The van der Waals surface area contributed by atoms with E-state index >= 15 is 0 Å². The highest BCUT2D eigenvalue weighted by Crippen LogP contribution is 2.21. The Morgan fingerprint density at radius 1 is 1.45 bits per heavy atom. The SMILES string of the molecule is CC(C)C1C(=O)NCC(=O)N1Cc1ccc(F)c(Cl)c1. The van der Waals surface area contributed by atoms with Crippen LogP contribution in [-0.4, -0.2) is 29.3 Å². The van der Waals surface area contributed by atoms with Gasteiger partial charge in [0.15, 0.2) is 0 Å². The molecule has 1 aliphatic heterocycles. The van der Waals surface area contributed by atoms with Crippen molar-refractivity contribution in [1.29, 1.82) is 0 Å². The van der Waals surface area contributed by atoms with Gasteiger partial charge in [0.2, 0.25) is 11.8 Å². The number of rotatable bonds is 3. The highest BCUT2D eigenvalue weighted by molar-refractivity contribution is 6.30. The third kappa shape index (κ3) is 2.93. The Bertz CT molecular complexity index is 548. The van der Waals surface area contributed by atoms with Crippen LogP contribution in [0.1, 0.15) is 19.4 Å². The molecule has 1 N–H and O–H groups in total. The zero-order chi connectivity index (χ0) is 14.9. The number of halogens is 2. The summed E-state index contributed by atoms with van der Waals surface area (Å²) in [6.07, 6.45) is 0. The van der Waals surface area contributed by atoms with Crippen molar-refractivity contribution in [2.75, 3.05) is 6.54 Å². The number of piperazine rings is 1. The van der Waals surface area contributed by atoms with E-state index in [-0.39, 0.29) is 35.8 Å². The molecule has 0 aromatic heterocycles. The van der Waals surface area contributed by atoms with Gasteiger partial charge in [-0.25, -0.2) is 4.39 Å². The van der Waals surface area contributed by atoms with Gasteiger partial charge in [-0.2, -0.15) is 0 Å². The molecular formula is C14H16ClFN2O2. The van der Waals surface area contributed by atoms with Crippen LogP contribution in [0.15, 0.2) is 18.2 Å². The zero-order valence-electron chi connectivity index (χ0n) is 11.3. The summed E-state index contributed by atoms with van der Waals surface area (Å²) in [6, 6.07) is 3.79. The molecule has 1 atom stereocenters. The molecule has 6 heteroatoms. The fraction of sp³-hybridized carbons (Fsp3) is 0.429. The van der Waals surface area contributed by atoms with Crippen molar-refractivity contribution in [2.45, 2.75) is 26.4 Å². The van der Waals surface area contributed by atoms with Crippen molar-refractivity contribution < 1.29 is 14.0 Å². The van der Waals surface area contributed by atoms with E-state index in [0.717, 1.165) is 0 Å². The van der Waals surface area contributed by atoms with Crippen molar-refractivity contribution in [2.24, 2.45) is 5.92 Å². The first kappa shape index (κ1) is 14.8. The Kier molecular flexibility index (Phi) is 4.28. The molecule has 2 rings (SSSR count). The summed E-state index contributed by atoms with van der Waals surface area (Å²) in [7, 11) is 0. The quantitative estimate of drug-likeness (QED) is 0.927. The first-order chi connectivity index (χ1) is 9.40. The van der Waals surface area contributed by atoms with Gasteiger partial charge in [-0.15, -0.1) is 0 Å². The van der Waals surface area contributed by atoms with E-state index in [9.17, 15) is 14.0 Å². The number of amides is 2. The second kappa shape index (κ2) is 5.79. The molecule has 1 aliphatic rings. The number of carbonyl (C=O) groups is 2. The van der Waals surface area contributed by atoms with Crippen LogP contribution in [0.5, 0.6) is 0 Å². The lowest BCUT2D eigenvalue weighted by atomic mass is 9.98. The average Bonchev–Trinajstić information content (AvgIpc) is 2.38. The maximum absolute atomic E-state index is 13.1. The lowest BCUT2D eigenvalue weighted by Crippen LogP contribution is -2.59. The van der Waals surface area contributed by atoms with Crippen molar-refractivity contribution in [3.63, 3.8) is 0 Å². The van der Waals surface area contributed by atoms with E-state index in [4.69, 9.17) is 11.6 Å². The van der Waals surface area contributed by atoms with E-state index in [1.807, 2.05) is 13.8 Å². The van der Waals surface area contributed by atoms with Gasteiger partial charge in [-0.3, -0.25) is 9.59 Å². The maximum Gasteiger partial charge on any atom is 0.243 e. The highest BCUT2D eigenvalue weighted by Gasteiger charge is 2.36. The number of nitrogens with zero attached hydrogens (tertiary/aromatic N) is 1. The van der Waals surface area contributed by atoms with Gasteiger partial charge in [0, 0.05) is 6.54 Å². The monoisotopic (exact) mass is 298 g/mol. The molecule has 1 aromatic rings. The summed E-state index contributed by atoms with van der Waals surface area (Å²) in [5.74, 6) is -0.815. The van der Waals surface area contributed by atoms with E-state index in [2.05, 4.69) is 5.32 Å². The molecule has 0 bridgehead atoms. The summed E-state index contributed by atoms with van der Waals surface area (Å²) in [5.41, 5.74) is 0.699. The van der Waals surface area contributed by atoms with Gasteiger partial charge < -0.3 is 10.2 Å². The molecule has 20 heavy (non-hydrogen) atoms. The van der Waals surface area contributed by atoms with Crippen LogP contribution in [0.25, 0.3) is 0 Å². The molecule has 4 nitrogen and oxygen atoms in total. The van der Waals surface area contributed by atoms with Crippen LogP contribution >= 0.6 is 11.6 Å². The minimum atomic E-state index is -0.514. The fourth-order valence-corrected chi connectivity index (χ4v) is 2.55. The number of hydrogen-bond acceptors (Lipinski definition) is 2. The van der Waals surface area contributed by atoms with E-state index in [1.165, 1.54) is 17.0 Å². The van der Waals surface area contributed by atoms with Gasteiger partial charge in [0.1, 0.15) is 11.9 Å². The van der Waals surface area contributed by atoms with Crippen molar-refractivity contribution in [3.05, 3.63) is 34.6 Å². The van der Waals surface area contributed by atoms with Crippen LogP contribution in [0.2, 0.25) is 5.02 Å². The fourth-order valence-electron chi connectivity index (χ4n) is 2.35. The Balaban J connectivity index is 2.25. The van der Waals surface area contributed by atoms with Gasteiger partial charge >= 0.3 is 0 Å². The third-order valence-electron chi connectivity index (χ3n) is 3.31. The Morgan fingerprint density at radius 3 is 2.75 bits per heavy atom. The topological polar surface area (TPSA) is 49.4 Å². The van der Waals surface area contributed by atoms with Crippen LogP contribution in [0.3, 0.4) is 0 Å². The standard InChI is InChI=1S/C14H16ClFN2O2/c1-8(2)13-14(20)17-6-12(19)18(13)7-9-3-4-11(16)10(15)5-9/h3-5,8,13H,6-7H2,1-2H3,(H,17,20). The van der Waals surface area contributed by atoms with E-state index in [1.54, 1.807) is 6.07 Å². The van der Waals surface area contributed by atoms with Crippen LogP contribution in [-0.2, 0) is 16.1 Å². The molecule has 0 radical (unpaired) electrons. The van der Waals surface area contributed by atoms with Gasteiger partial charge in [-0.1, -0.05) is 31.5 Å². The summed E-state index contributed by atoms with van der Waals surface area (Å²) < 4.78 is 13.1. The number of hydrogen-bond donors (Lipinski definition) is 1. The predicted octanol–water partition coefficient (Wildman–Crippen LogP) is 1.96. The zero-order valence-corrected chi connectivity index (χ0v) is 12.1. The first-order valence-electron chi connectivity index (χ1n) is 6.41. The molecule has 1 aromatic carbocycles. The Hall–Kier alpha value is -1.62. The van der Waals surface area contributed by atoms with Gasteiger partial charge in [0.25, 0.3) is 0 Å². The van der Waals surface area contributed by atoms with Crippen molar-refractivity contribution in [3.8, 4) is 0 Å². The molecule has 2 amide bonds. The molecule has 1 fully saturated rings. The van der Waals surface area contributed by atoms with Crippen LogP contribution in [0, 0.1) is 11.7 Å². The smallest absolute Gasteiger partial charge is 0.243 e. The highest BCUT2D eigenvalue weighted by atomic mass is 35.5. The van der Waals surface area contributed by atoms with Crippen molar-refractivity contribution in [1.82, 2.24) is 10.2 Å². The summed E-state index contributed by atoms with van der Waals surface area (Å²) >= 11 is 5.74. The largest absolute Gasteiger partial charge is 0.345 e. The van der Waals surface area contributed by atoms with E-state index in [0.29, 0.717) is 5.56 Å². The Morgan fingerprint density at radius 2 is 2.15 bits per heavy atom. The molecule has 0 aliphatic carbocycles. The third-order valence-corrected chi connectivity index (χ3v) is 3.60. The molecule has 1 unspecified atom stereocenters. The van der Waals surface area contributed by atoms with Crippen molar-refractivity contribution >= 4 is 23.4 Å². The maximum atomic E-state index is 13.1. The Labute approximate surface area is 121 Å². The minimum Gasteiger partial charge on any atom is -0.345 e. The minimum absolute atomic E-state index is 0.00300. The summed E-state index contributed by atoms with van der Waals surface area (Å²) in [6.45, 7) is 4.01. The average molecular weight is 299 g/mol. The van der Waals surface area contributed by atoms with Crippen LogP contribution in [0.4, 0.5) is 4.39 Å². The van der Waals surface area contributed by atoms with Gasteiger partial charge in [0.05, 0.1) is 11.6 Å². The number of nitrogens with one attached hydrogen (secondary N) is 1. The van der Waals surface area contributed by atoms with E-state index < -0.39 is 11.9 Å². The second-order valence-electron chi connectivity index (χ2n) is 5.18. The molecule has 0 saturated carbocycles. The molecule has 1 saturated heterocycles. The molecule has 1 heterocycles. The number of carbonyl (C=O) groups excluding carboxylic acids is 2. The lowest BCUT2D eigenvalue weighted by molar-refractivity contribution is -0.148. The molecule has 0 spiro atoms. The predicted molar refractivity (Wildman–Crippen MR) is 73.6 cm³/mol. The summed E-state index contributed by atoms with van der Waals surface area (Å²) in [4.78, 5) is 25.4. The normalized spacial score (nSPS) is 19.4. The first-order valence-corrected chi connectivity index (χ1v) is 6.79. The molecular weight excluding hydrogens is 283 g/mol. The second-order valence-corrected chi connectivity index (χ2v) is 5.58. The van der Waals surface area contributed by atoms with Gasteiger partial charge in [-0.05, 0) is 23.6 Å². The summed E-state index contributed by atoms with van der Waals surface area (Å²) in [5, 5.41) is 2.59. The van der Waals surface area contributed by atoms with Crippen LogP contribution < -0.4 is 5.32 Å². The number of benzene rings is 1. The molecule has 108 valence electrons.